The molecule has 0 saturated heterocycles. The molecule has 1 amide bonds. The normalized spacial score (nSPS) is 10.2. The molecule has 0 unspecified atom stereocenters. The number of anilines is 1. The van der Waals surface area contributed by atoms with E-state index in [1.165, 1.54) is 18.4 Å². The van der Waals surface area contributed by atoms with Crippen molar-refractivity contribution in [2.45, 2.75) is 19.3 Å². The van der Waals surface area contributed by atoms with Crippen LogP contribution in [0.5, 0.6) is 0 Å². The topological polar surface area (TPSA) is 94.1 Å². The van der Waals surface area contributed by atoms with Crippen molar-refractivity contribution in [3.63, 3.8) is 0 Å². The number of aryl methyl sites for hydroxylation is 1. The molecule has 20 heavy (non-hydrogen) atoms. The highest BCUT2D eigenvalue weighted by molar-refractivity contribution is 7.14. The van der Waals surface area contributed by atoms with E-state index in [1.54, 1.807) is 5.38 Å². The smallest absolute Gasteiger partial charge is 0.305 e. The summed E-state index contributed by atoms with van der Waals surface area (Å²) in [7, 11) is 1.37. The Balaban J connectivity index is 1.83. The van der Waals surface area contributed by atoms with Gasteiger partial charge in [0.1, 0.15) is 0 Å². The van der Waals surface area contributed by atoms with E-state index in [4.69, 9.17) is 0 Å². The van der Waals surface area contributed by atoms with Crippen molar-refractivity contribution in [2.24, 2.45) is 0 Å². The van der Waals surface area contributed by atoms with Crippen molar-refractivity contribution in [3.05, 3.63) is 22.1 Å². The van der Waals surface area contributed by atoms with Crippen LogP contribution in [0.25, 0.3) is 0 Å². The van der Waals surface area contributed by atoms with Gasteiger partial charge in [0.05, 0.1) is 12.8 Å². The number of methoxy groups -OCH3 is 1. The molecule has 2 aromatic rings. The average Bonchev–Trinajstić information content (AvgIpc) is 3.10. The number of carbonyl (C=O) groups is 2. The first-order valence-corrected chi connectivity index (χ1v) is 7.50. The number of esters is 1. The summed E-state index contributed by atoms with van der Waals surface area (Å²) in [5.41, 5.74) is 1.11. The minimum absolute atomic E-state index is 0.232. The molecule has 9 heteroatoms. The van der Waals surface area contributed by atoms with Crippen molar-refractivity contribution < 1.29 is 14.3 Å². The lowest BCUT2D eigenvalue weighted by Crippen LogP contribution is -2.12. The zero-order chi connectivity index (χ0) is 14.4. The maximum absolute atomic E-state index is 11.7. The largest absolute Gasteiger partial charge is 0.469 e. The number of aromatic nitrogens is 3. The summed E-state index contributed by atoms with van der Waals surface area (Å²) in [5, 5.41) is 10.3. The number of thiazole rings is 1. The quantitative estimate of drug-likeness (QED) is 0.817. The minimum Gasteiger partial charge on any atom is -0.469 e. The van der Waals surface area contributed by atoms with Gasteiger partial charge >= 0.3 is 5.97 Å². The van der Waals surface area contributed by atoms with Crippen molar-refractivity contribution in [1.29, 1.82) is 0 Å². The van der Waals surface area contributed by atoms with Gasteiger partial charge in [0.25, 0.3) is 5.91 Å². The summed E-state index contributed by atoms with van der Waals surface area (Å²) < 4.78 is 8.19. The lowest BCUT2D eigenvalue weighted by molar-refractivity contribution is -0.140. The first-order valence-electron chi connectivity index (χ1n) is 5.78. The molecule has 2 aromatic heterocycles. The van der Waals surface area contributed by atoms with Crippen LogP contribution in [0.15, 0.2) is 10.8 Å². The van der Waals surface area contributed by atoms with E-state index < -0.39 is 0 Å². The lowest BCUT2D eigenvalue weighted by Gasteiger charge is -1.98. The van der Waals surface area contributed by atoms with Crippen LogP contribution in [0, 0.1) is 0 Å². The Labute approximate surface area is 123 Å². The molecule has 1 N–H and O–H groups in total. The summed E-state index contributed by atoms with van der Waals surface area (Å²) in [6.45, 7) is 0. The second-order valence-corrected chi connectivity index (χ2v) is 5.29. The molecule has 2 heterocycles. The van der Waals surface area contributed by atoms with Gasteiger partial charge in [-0.05, 0) is 24.4 Å². The van der Waals surface area contributed by atoms with Gasteiger partial charge < -0.3 is 4.74 Å². The Morgan fingerprint density at radius 2 is 2.25 bits per heavy atom. The zero-order valence-electron chi connectivity index (χ0n) is 10.7. The zero-order valence-corrected chi connectivity index (χ0v) is 12.3. The molecule has 0 atom stereocenters. The van der Waals surface area contributed by atoms with Crippen LogP contribution >= 0.6 is 22.9 Å². The first kappa shape index (κ1) is 14.5. The van der Waals surface area contributed by atoms with Gasteiger partial charge in [-0.15, -0.1) is 16.4 Å². The predicted molar refractivity (Wildman–Crippen MR) is 74.9 cm³/mol. The summed E-state index contributed by atoms with van der Waals surface area (Å²) in [5.74, 6) is -0.556. The fourth-order valence-corrected chi connectivity index (χ4v) is 2.60. The van der Waals surface area contributed by atoms with Crippen LogP contribution in [0.3, 0.4) is 0 Å². The fourth-order valence-electron chi connectivity index (χ4n) is 1.42. The van der Waals surface area contributed by atoms with Gasteiger partial charge in [-0.2, -0.15) is 0 Å². The number of nitrogens with one attached hydrogen (secondary N) is 1. The highest BCUT2D eigenvalue weighted by atomic mass is 32.1. The van der Waals surface area contributed by atoms with Gasteiger partial charge in [0.2, 0.25) is 0 Å². The Bertz CT molecular complexity index is 582. The van der Waals surface area contributed by atoms with Crippen molar-refractivity contribution in [1.82, 2.24) is 14.6 Å². The van der Waals surface area contributed by atoms with Gasteiger partial charge in [0, 0.05) is 17.2 Å². The van der Waals surface area contributed by atoms with E-state index >= 15 is 0 Å². The molecular formula is C11H12N4O3S2. The molecule has 2 rings (SSSR count). The Morgan fingerprint density at radius 3 is 2.95 bits per heavy atom. The molecule has 0 aliphatic carbocycles. The van der Waals surface area contributed by atoms with Gasteiger partial charge in [-0.25, -0.2) is 4.98 Å². The van der Waals surface area contributed by atoms with Crippen LogP contribution in [0.2, 0.25) is 0 Å². The summed E-state index contributed by atoms with van der Waals surface area (Å²) in [6.07, 6.45) is 1.69. The van der Waals surface area contributed by atoms with Crippen molar-refractivity contribution >= 4 is 39.9 Å². The molecule has 106 valence electrons. The van der Waals surface area contributed by atoms with E-state index in [2.05, 4.69) is 24.6 Å². The molecule has 0 spiro atoms. The number of hydrogen-bond donors (Lipinski definition) is 1. The fraction of sp³-hybridized carbons (Fsp3) is 0.364. The molecule has 0 bridgehead atoms. The predicted octanol–water partition coefficient (Wildman–Crippen LogP) is 1.74. The third-order valence-corrected chi connectivity index (χ3v) is 3.72. The second kappa shape index (κ2) is 7.06. The molecule has 7 nitrogen and oxygen atoms in total. The minimum atomic E-state index is -0.325. The number of ether oxygens (including phenoxy) is 1. The molecule has 0 radical (unpaired) electrons. The van der Waals surface area contributed by atoms with Crippen LogP contribution < -0.4 is 5.32 Å². The summed E-state index contributed by atoms with van der Waals surface area (Å²) >= 11 is 2.45. The van der Waals surface area contributed by atoms with E-state index in [1.807, 2.05) is 5.38 Å². The summed E-state index contributed by atoms with van der Waals surface area (Å²) in [4.78, 5) is 27.0. The first-order chi connectivity index (χ1) is 9.69. The highest BCUT2D eigenvalue weighted by Gasteiger charge is 2.11. The average molecular weight is 312 g/mol. The lowest BCUT2D eigenvalue weighted by atomic mass is 10.2. The van der Waals surface area contributed by atoms with E-state index in [-0.39, 0.29) is 17.6 Å². The molecule has 0 aliphatic heterocycles. The van der Waals surface area contributed by atoms with Crippen LogP contribution in [-0.4, -0.2) is 33.6 Å². The molecule has 0 saturated carbocycles. The number of carbonyl (C=O) groups excluding carboxylic acids is 2. The third kappa shape index (κ3) is 4.07. The molecule has 0 aromatic carbocycles. The maximum Gasteiger partial charge on any atom is 0.305 e. The van der Waals surface area contributed by atoms with Crippen molar-refractivity contribution in [2.75, 3.05) is 12.4 Å². The third-order valence-electron chi connectivity index (χ3n) is 2.41. The van der Waals surface area contributed by atoms with Crippen LogP contribution in [-0.2, 0) is 16.0 Å². The van der Waals surface area contributed by atoms with Gasteiger partial charge in [0.15, 0.2) is 10.8 Å². The van der Waals surface area contributed by atoms with E-state index in [0.717, 1.165) is 17.2 Å². The van der Waals surface area contributed by atoms with Gasteiger partial charge in [-0.3, -0.25) is 14.9 Å². The van der Waals surface area contributed by atoms with Crippen molar-refractivity contribution in [3.8, 4) is 0 Å². The number of nitrogens with zero attached hydrogens (tertiary/aromatic N) is 3. The van der Waals surface area contributed by atoms with E-state index in [0.29, 0.717) is 24.4 Å². The Kier molecular flexibility index (Phi) is 5.13. The van der Waals surface area contributed by atoms with Crippen LogP contribution in [0.1, 0.15) is 29.0 Å². The Hall–Kier alpha value is -1.87. The standard InChI is InChI=1S/C11H12N4O3S2/c1-18-9(16)4-2-3-7-5-19-11(12-7)13-10(17)8-6-20-15-14-8/h5-6H,2-4H2,1H3,(H,12,13,17). The van der Waals surface area contributed by atoms with Gasteiger partial charge in [-0.1, -0.05) is 4.49 Å². The molecule has 0 fully saturated rings. The highest BCUT2D eigenvalue weighted by Crippen LogP contribution is 2.17. The second-order valence-electron chi connectivity index (χ2n) is 3.82. The number of rotatable bonds is 6. The van der Waals surface area contributed by atoms with Crippen LogP contribution in [0.4, 0.5) is 5.13 Å². The maximum atomic E-state index is 11.7. The summed E-state index contributed by atoms with van der Waals surface area (Å²) in [6, 6.07) is 0. The monoisotopic (exact) mass is 312 g/mol. The molecular weight excluding hydrogens is 300 g/mol. The molecule has 0 aliphatic rings. The Morgan fingerprint density at radius 1 is 1.40 bits per heavy atom. The number of amides is 1. The van der Waals surface area contributed by atoms with E-state index in [9.17, 15) is 9.59 Å². The number of hydrogen-bond acceptors (Lipinski definition) is 8. The SMILES string of the molecule is COC(=O)CCCc1csc(NC(=O)c2csnn2)n1.